The molecule has 0 amide bonds. The fourth-order valence-electron chi connectivity index (χ4n) is 5.11. The number of phenols is 1. The fraction of sp³-hybridized carbons (Fsp3) is 0.600. The van der Waals surface area contributed by atoms with Crippen LogP contribution in [0.25, 0.3) is 0 Å². The van der Waals surface area contributed by atoms with Gasteiger partial charge in [-0.2, -0.15) is 0 Å². The lowest BCUT2D eigenvalue weighted by molar-refractivity contribution is 0.0346. The van der Waals surface area contributed by atoms with Crippen LogP contribution in [0, 0.1) is 0 Å². The quantitative estimate of drug-likeness (QED) is 0.854. The van der Waals surface area contributed by atoms with E-state index in [1.54, 1.807) is 21.3 Å². The summed E-state index contributed by atoms with van der Waals surface area (Å²) >= 11 is 0. The molecule has 1 saturated heterocycles. The van der Waals surface area contributed by atoms with E-state index in [2.05, 4.69) is 11.0 Å². The highest BCUT2D eigenvalue weighted by atomic mass is 16.5. The summed E-state index contributed by atoms with van der Waals surface area (Å²) in [5.41, 5.74) is 3.67. The van der Waals surface area contributed by atoms with Crippen LogP contribution < -0.4 is 9.47 Å². The largest absolute Gasteiger partial charge is 0.502 e. The number of methoxy groups -OCH3 is 3. The van der Waals surface area contributed by atoms with Gasteiger partial charge in [0.05, 0.1) is 25.9 Å². The molecule has 1 fully saturated rings. The highest BCUT2D eigenvalue weighted by Gasteiger charge is 2.51. The van der Waals surface area contributed by atoms with E-state index in [4.69, 9.17) is 14.2 Å². The Kier molecular flexibility index (Phi) is 4.16. The van der Waals surface area contributed by atoms with Gasteiger partial charge in [-0.3, -0.25) is 4.90 Å². The number of aromatic hydroxyl groups is 1. The van der Waals surface area contributed by atoms with Gasteiger partial charge in [-0.25, -0.2) is 0 Å². The monoisotopic (exact) mass is 345 g/mol. The van der Waals surface area contributed by atoms with E-state index in [0.717, 1.165) is 50.8 Å². The molecule has 1 spiro atoms. The first-order chi connectivity index (χ1) is 12.2. The number of ether oxygens (including phenoxy) is 3. The first-order valence-corrected chi connectivity index (χ1v) is 9.10. The number of hydrogen-bond acceptors (Lipinski definition) is 5. The van der Waals surface area contributed by atoms with Gasteiger partial charge >= 0.3 is 0 Å². The molecule has 0 unspecified atom stereocenters. The standard InChI is InChI=1S/C20H27NO4/c1-23-14-7-6-13-8-10-21-9-4-5-15-16(20(13,21)12-14)11-17(24-2)18(22)19(15)25-3/h6,11,14,22H,4-5,7-10,12H2,1-3H3/t14-,20-/m0/s1. The van der Waals surface area contributed by atoms with Gasteiger partial charge in [0.25, 0.3) is 0 Å². The number of rotatable bonds is 3. The van der Waals surface area contributed by atoms with Gasteiger partial charge < -0.3 is 19.3 Å². The minimum atomic E-state index is -0.154. The third-order valence-electron chi connectivity index (χ3n) is 6.25. The molecule has 0 bridgehead atoms. The molecule has 2 atom stereocenters. The van der Waals surface area contributed by atoms with Crippen molar-refractivity contribution < 1.29 is 19.3 Å². The van der Waals surface area contributed by atoms with E-state index in [1.807, 2.05) is 6.07 Å². The minimum Gasteiger partial charge on any atom is -0.502 e. The molecule has 5 heteroatoms. The van der Waals surface area contributed by atoms with Crippen molar-refractivity contribution >= 4 is 0 Å². The van der Waals surface area contributed by atoms with Gasteiger partial charge in [0.15, 0.2) is 11.5 Å². The van der Waals surface area contributed by atoms with Crippen LogP contribution in [0.5, 0.6) is 17.2 Å². The van der Waals surface area contributed by atoms with Crippen molar-refractivity contribution in [3.63, 3.8) is 0 Å². The molecule has 0 saturated carbocycles. The molecule has 1 aliphatic carbocycles. The topological polar surface area (TPSA) is 51.2 Å². The van der Waals surface area contributed by atoms with Gasteiger partial charge in [-0.15, -0.1) is 0 Å². The summed E-state index contributed by atoms with van der Waals surface area (Å²) in [4.78, 5) is 2.60. The van der Waals surface area contributed by atoms with Crippen molar-refractivity contribution in [1.82, 2.24) is 4.90 Å². The Bertz CT molecular complexity index is 714. The highest BCUT2D eigenvalue weighted by molar-refractivity contribution is 5.62. The van der Waals surface area contributed by atoms with Crippen LogP contribution in [0.15, 0.2) is 17.7 Å². The third kappa shape index (κ3) is 2.29. The maximum atomic E-state index is 10.6. The summed E-state index contributed by atoms with van der Waals surface area (Å²) in [5.74, 6) is 1.16. The fourth-order valence-corrected chi connectivity index (χ4v) is 5.11. The van der Waals surface area contributed by atoms with Crippen molar-refractivity contribution in [2.45, 2.75) is 43.7 Å². The molecule has 5 nitrogen and oxygen atoms in total. The van der Waals surface area contributed by atoms with Crippen LogP contribution in [0.2, 0.25) is 0 Å². The second kappa shape index (κ2) is 6.22. The van der Waals surface area contributed by atoms with E-state index >= 15 is 0 Å². The average Bonchev–Trinajstić information content (AvgIpc) is 2.93. The van der Waals surface area contributed by atoms with Crippen molar-refractivity contribution in [3.8, 4) is 17.2 Å². The summed E-state index contributed by atoms with van der Waals surface area (Å²) in [6.45, 7) is 2.13. The molecule has 2 aliphatic heterocycles. The number of nitrogens with zero attached hydrogens (tertiary/aromatic N) is 1. The van der Waals surface area contributed by atoms with Gasteiger partial charge in [-0.05, 0) is 49.4 Å². The predicted octanol–water partition coefficient (Wildman–Crippen LogP) is 2.99. The maximum Gasteiger partial charge on any atom is 0.201 e. The number of phenolic OH excluding ortho intramolecular Hbond substituents is 1. The highest BCUT2D eigenvalue weighted by Crippen LogP contribution is 2.56. The third-order valence-corrected chi connectivity index (χ3v) is 6.25. The van der Waals surface area contributed by atoms with Crippen molar-refractivity contribution in [2.24, 2.45) is 0 Å². The van der Waals surface area contributed by atoms with Crippen LogP contribution in [0.4, 0.5) is 0 Å². The van der Waals surface area contributed by atoms with Gasteiger partial charge in [0.2, 0.25) is 5.75 Å². The first-order valence-electron chi connectivity index (χ1n) is 9.10. The molecule has 1 aromatic carbocycles. The number of hydrogen-bond donors (Lipinski definition) is 1. The first kappa shape index (κ1) is 16.7. The van der Waals surface area contributed by atoms with E-state index in [-0.39, 0.29) is 17.4 Å². The Morgan fingerprint density at radius 3 is 2.72 bits per heavy atom. The molecule has 4 rings (SSSR count). The Labute approximate surface area is 149 Å². The number of benzene rings is 1. The van der Waals surface area contributed by atoms with E-state index in [0.29, 0.717) is 11.5 Å². The second-order valence-corrected chi connectivity index (χ2v) is 7.21. The second-order valence-electron chi connectivity index (χ2n) is 7.21. The minimum absolute atomic E-state index is 0.108. The maximum absolute atomic E-state index is 10.6. The van der Waals surface area contributed by atoms with Crippen LogP contribution in [-0.2, 0) is 16.7 Å². The lowest BCUT2D eigenvalue weighted by Crippen LogP contribution is -2.46. The normalized spacial score (nSPS) is 28.4. The molecule has 25 heavy (non-hydrogen) atoms. The van der Waals surface area contributed by atoms with Crippen molar-refractivity contribution in [1.29, 1.82) is 0 Å². The summed E-state index contributed by atoms with van der Waals surface area (Å²) in [7, 11) is 5.02. The predicted molar refractivity (Wildman–Crippen MR) is 95.5 cm³/mol. The lowest BCUT2D eigenvalue weighted by atomic mass is 9.73. The van der Waals surface area contributed by atoms with E-state index in [9.17, 15) is 5.11 Å². The van der Waals surface area contributed by atoms with Crippen LogP contribution in [0.3, 0.4) is 0 Å². The average molecular weight is 345 g/mol. The molecule has 2 heterocycles. The molecule has 3 aliphatic rings. The summed E-state index contributed by atoms with van der Waals surface area (Å²) < 4.78 is 16.8. The zero-order chi connectivity index (χ0) is 17.6. The van der Waals surface area contributed by atoms with E-state index < -0.39 is 0 Å². The van der Waals surface area contributed by atoms with Crippen LogP contribution in [0.1, 0.15) is 36.8 Å². The Morgan fingerprint density at radius 1 is 1.16 bits per heavy atom. The van der Waals surface area contributed by atoms with Crippen molar-refractivity contribution in [2.75, 3.05) is 34.4 Å². The zero-order valence-electron chi connectivity index (χ0n) is 15.3. The van der Waals surface area contributed by atoms with Gasteiger partial charge in [-0.1, -0.05) is 6.08 Å². The summed E-state index contributed by atoms with van der Waals surface area (Å²) in [6.07, 6.45) is 7.56. The lowest BCUT2D eigenvalue weighted by Gasteiger charge is -2.44. The van der Waals surface area contributed by atoms with Gasteiger partial charge in [0, 0.05) is 25.6 Å². The SMILES string of the molecule is COc1cc2c(c(OC)c1O)CCCN1CCC3=CC[C@H](OC)C[C@]321. The molecule has 0 aromatic heterocycles. The Balaban J connectivity index is 1.99. The number of fused-ring (bicyclic) bond motifs is 1. The molecule has 136 valence electrons. The molecular formula is C20H27NO4. The van der Waals surface area contributed by atoms with Crippen LogP contribution >= 0.6 is 0 Å². The Hall–Kier alpha value is -1.72. The molecule has 1 aromatic rings. The summed E-state index contributed by atoms with van der Waals surface area (Å²) in [6, 6.07) is 2.03. The molecular weight excluding hydrogens is 318 g/mol. The zero-order valence-corrected chi connectivity index (χ0v) is 15.3. The smallest absolute Gasteiger partial charge is 0.201 e. The Morgan fingerprint density at radius 2 is 2.00 bits per heavy atom. The molecule has 1 N–H and O–H groups in total. The van der Waals surface area contributed by atoms with Gasteiger partial charge in [0.1, 0.15) is 0 Å². The van der Waals surface area contributed by atoms with Crippen molar-refractivity contribution in [3.05, 3.63) is 28.8 Å². The molecule has 0 radical (unpaired) electrons. The van der Waals surface area contributed by atoms with E-state index in [1.165, 1.54) is 11.1 Å². The van der Waals surface area contributed by atoms with Crippen LogP contribution in [-0.4, -0.2) is 50.5 Å². The summed E-state index contributed by atoms with van der Waals surface area (Å²) in [5, 5.41) is 10.6.